The molecule has 2 amide bonds. The lowest BCUT2D eigenvalue weighted by atomic mass is 10.0. The molecule has 0 aliphatic rings. The number of nitrogens with zero attached hydrogens (tertiary/aromatic N) is 1. The summed E-state index contributed by atoms with van der Waals surface area (Å²) in [7, 11) is 0. The predicted octanol–water partition coefficient (Wildman–Crippen LogP) is 1.10. The highest BCUT2D eigenvalue weighted by molar-refractivity contribution is 5.95. The van der Waals surface area contributed by atoms with E-state index in [1.165, 1.54) is 18.7 Å². The first kappa shape index (κ1) is 17.3. The Morgan fingerprint density at radius 3 is 2.58 bits per heavy atom. The fourth-order valence-corrected chi connectivity index (χ4v) is 2.03. The van der Waals surface area contributed by atoms with E-state index in [0.29, 0.717) is 5.82 Å². The minimum absolute atomic E-state index is 0.0682. The zero-order chi connectivity index (χ0) is 17.7. The molecule has 0 saturated carbocycles. The Hall–Kier alpha value is -3.03. The van der Waals surface area contributed by atoms with Gasteiger partial charge in [0.25, 0.3) is 5.91 Å². The van der Waals surface area contributed by atoms with E-state index in [4.69, 9.17) is 11.5 Å². The van der Waals surface area contributed by atoms with Crippen LogP contribution in [0.5, 0.6) is 0 Å². The molecule has 24 heavy (non-hydrogen) atoms. The van der Waals surface area contributed by atoms with E-state index in [2.05, 4.69) is 10.3 Å². The van der Waals surface area contributed by atoms with Crippen molar-refractivity contribution in [2.24, 2.45) is 5.73 Å². The fraction of sp³-hybridized carbons (Fsp3) is 0.125. The molecule has 8 heteroatoms. The number of hydrogen-bond acceptors (Lipinski definition) is 4. The van der Waals surface area contributed by atoms with Gasteiger partial charge in [-0.05, 0) is 29.7 Å². The lowest BCUT2D eigenvalue weighted by Crippen LogP contribution is -2.24. The van der Waals surface area contributed by atoms with Crippen LogP contribution in [-0.2, 0) is 17.8 Å². The molecule has 5 N–H and O–H groups in total. The number of carbonyl (C=O) groups excluding carboxylic acids is 2. The molecule has 1 heterocycles. The molecule has 125 valence electrons. The summed E-state index contributed by atoms with van der Waals surface area (Å²) in [6, 6.07) is 5.41. The first-order valence-electron chi connectivity index (χ1n) is 6.96. The second-order valence-electron chi connectivity index (χ2n) is 4.98. The minimum Gasteiger partial charge on any atom is -0.384 e. The van der Waals surface area contributed by atoms with Gasteiger partial charge < -0.3 is 16.8 Å². The maximum Gasteiger partial charge on any atom is 0.252 e. The van der Waals surface area contributed by atoms with E-state index >= 15 is 0 Å². The van der Waals surface area contributed by atoms with Crippen LogP contribution in [0.25, 0.3) is 0 Å². The van der Waals surface area contributed by atoms with E-state index in [1.807, 2.05) is 0 Å². The largest absolute Gasteiger partial charge is 0.384 e. The molecule has 0 atom stereocenters. The number of anilines is 1. The van der Waals surface area contributed by atoms with Crippen molar-refractivity contribution in [3.05, 3.63) is 65.2 Å². The molecule has 1 aromatic carbocycles. The number of hydrogen-bond donors (Lipinski definition) is 3. The van der Waals surface area contributed by atoms with Gasteiger partial charge in [0.1, 0.15) is 5.82 Å². The van der Waals surface area contributed by atoms with Gasteiger partial charge in [0.05, 0.1) is 12.0 Å². The lowest BCUT2D eigenvalue weighted by molar-refractivity contribution is -0.118. The molecular formula is C16H15F2N4O2. The van der Waals surface area contributed by atoms with Crippen LogP contribution in [0, 0.1) is 18.1 Å². The lowest BCUT2D eigenvalue weighted by Gasteiger charge is -2.09. The zero-order valence-corrected chi connectivity index (χ0v) is 12.6. The molecule has 0 aliphatic heterocycles. The molecule has 0 unspecified atom stereocenters. The van der Waals surface area contributed by atoms with Gasteiger partial charge in [-0.25, -0.2) is 13.8 Å². The second kappa shape index (κ2) is 7.49. The quantitative estimate of drug-likeness (QED) is 0.735. The van der Waals surface area contributed by atoms with E-state index in [0.717, 1.165) is 11.6 Å². The first-order valence-corrected chi connectivity index (χ1v) is 6.96. The van der Waals surface area contributed by atoms with Gasteiger partial charge in [0, 0.05) is 12.7 Å². The number of benzene rings is 1. The highest BCUT2D eigenvalue weighted by Gasteiger charge is 2.18. The summed E-state index contributed by atoms with van der Waals surface area (Å²) in [6.07, 6.45) is 2.67. The van der Waals surface area contributed by atoms with E-state index in [-0.39, 0.29) is 18.5 Å². The van der Waals surface area contributed by atoms with Gasteiger partial charge >= 0.3 is 0 Å². The third kappa shape index (κ3) is 4.25. The number of carbonyl (C=O) groups is 2. The van der Waals surface area contributed by atoms with E-state index < -0.39 is 29.0 Å². The van der Waals surface area contributed by atoms with Crippen molar-refractivity contribution in [3.8, 4) is 0 Å². The number of primary amides is 1. The summed E-state index contributed by atoms with van der Waals surface area (Å²) in [5, 5.41) is 2.60. The molecule has 0 fully saturated rings. The van der Waals surface area contributed by atoms with Crippen LogP contribution in [0.15, 0.2) is 30.5 Å². The molecule has 1 aromatic heterocycles. The summed E-state index contributed by atoms with van der Waals surface area (Å²) in [5.74, 6) is -3.65. The van der Waals surface area contributed by atoms with Gasteiger partial charge in [-0.1, -0.05) is 12.1 Å². The Morgan fingerprint density at radius 1 is 1.21 bits per heavy atom. The van der Waals surface area contributed by atoms with Gasteiger partial charge in [-0.2, -0.15) is 0 Å². The Balaban J connectivity index is 1.95. The molecule has 0 aliphatic carbocycles. The summed E-state index contributed by atoms with van der Waals surface area (Å²) in [6.45, 7) is 0.225. The van der Waals surface area contributed by atoms with Crippen LogP contribution in [-0.4, -0.2) is 16.8 Å². The minimum atomic E-state index is -1.32. The predicted molar refractivity (Wildman–Crippen MR) is 83.4 cm³/mol. The molecule has 0 spiro atoms. The number of halogens is 2. The van der Waals surface area contributed by atoms with Crippen molar-refractivity contribution in [2.45, 2.75) is 13.0 Å². The fourth-order valence-electron chi connectivity index (χ4n) is 2.03. The summed E-state index contributed by atoms with van der Waals surface area (Å²) in [5.41, 5.74) is 10.8. The molecule has 2 aromatic rings. The number of nitrogens with one attached hydrogen (secondary N) is 1. The Morgan fingerprint density at radius 2 is 1.96 bits per heavy atom. The first-order chi connectivity index (χ1) is 11.4. The van der Waals surface area contributed by atoms with E-state index in [1.54, 1.807) is 12.1 Å². The van der Waals surface area contributed by atoms with Crippen molar-refractivity contribution in [1.82, 2.24) is 10.3 Å². The van der Waals surface area contributed by atoms with Crippen molar-refractivity contribution in [3.63, 3.8) is 0 Å². The van der Waals surface area contributed by atoms with E-state index in [9.17, 15) is 18.4 Å². The third-order valence-electron chi connectivity index (χ3n) is 3.25. The molecule has 2 rings (SSSR count). The number of pyridine rings is 1. The van der Waals surface area contributed by atoms with Crippen LogP contribution in [0.4, 0.5) is 14.6 Å². The smallest absolute Gasteiger partial charge is 0.252 e. The van der Waals surface area contributed by atoms with Crippen LogP contribution in [0.2, 0.25) is 0 Å². The second-order valence-corrected chi connectivity index (χ2v) is 4.98. The van der Waals surface area contributed by atoms with Gasteiger partial charge in [0.15, 0.2) is 11.6 Å². The average Bonchev–Trinajstić information content (AvgIpc) is 2.55. The SMILES string of the molecule is NC(=O)c1c(C[CH]C(=O)NCc2ccc(N)nc2)ccc(F)c1F. The summed E-state index contributed by atoms with van der Waals surface area (Å²) in [4.78, 5) is 26.9. The normalized spacial score (nSPS) is 10.4. The van der Waals surface area contributed by atoms with Crippen molar-refractivity contribution >= 4 is 17.6 Å². The van der Waals surface area contributed by atoms with Gasteiger partial charge in [-0.3, -0.25) is 9.59 Å². The van der Waals surface area contributed by atoms with Crippen molar-refractivity contribution in [1.29, 1.82) is 0 Å². The standard InChI is InChI=1S/C16H15F2N4O2/c17-11-4-2-10(14(15(11)18)16(20)24)3-6-13(23)22-8-9-1-5-12(19)21-7-9/h1-2,4-7H,3,8H2,(H2,19,21)(H2,20,24)(H,22,23). The Kier molecular flexibility index (Phi) is 5.41. The zero-order valence-electron chi connectivity index (χ0n) is 12.6. The third-order valence-corrected chi connectivity index (χ3v) is 3.25. The molecular weight excluding hydrogens is 318 g/mol. The highest BCUT2D eigenvalue weighted by atomic mass is 19.2. The average molecular weight is 333 g/mol. The van der Waals surface area contributed by atoms with Gasteiger partial charge in [-0.15, -0.1) is 0 Å². The topological polar surface area (TPSA) is 111 Å². The molecule has 0 saturated heterocycles. The maximum atomic E-state index is 13.6. The number of amides is 2. The van der Waals surface area contributed by atoms with Crippen LogP contribution >= 0.6 is 0 Å². The van der Waals surface area contributed by atoms with Crippen molar-refractivity contribution in [2.75, 3.05) is 5.73 Å². The molecule has 0 bridgehead atoms. The highest BCUT2D eigenvalue weighted by Crippen LogP contribution is 2.18. The number of rotatable bonds is 6. The number of aromatic nitrogens is 1. The van der Waals surface area contributed by atoms with Crippen molar-refractivity contribution < 1.29 is 18.4 Å². The summed E-state index contributed by atoms with van der Waals surface area (Å²) >= 11 is 0. The van der Waals surface area contributed by atoms with Crippen LogP contribution in [0.3, 0.4) is 0 Å². The maximum absolute atomic E-state index is 13.6. The number of nitrogen functional groups attached to an aromatic ring is 1. The number of nitrogens with two attached hydrogens (primary N) is 2. The Labute approximate surface area is 136 Å². The van der Waals surface area contributed by atoms with Gasteiger partial charge in [0.2, 0.25) is 5.91 Å². The molecule has 6 nitrogen and oxygen atoms in total. The van der Waals surface area contributed by atoms with Crippen LogP contribution in [0.1, 0.15) is 21.5 Å². The molecule has 1 radical (unpaired) electrons. The Bertz CT molecular complexity index is 763. The monoisotopic (exact) mass is 333 g/mol. The van der Waals surface area contributed by atoms with Crippen LogP contribution < -0.4 is 16.8 Å². The summed E-state index contributed by atoms with van der Waals surface area (Å²) < 4.78 is 26.8.